The number of aliphatic hydroxyl groups is 1. The maximum Gasteiger partial charge on any atom is 0.319 e. The number of carbonyl (C=O) groups is 1. The summed E-state index contributed by atoms with van der Waals surface area (Å²) in [4.78, 5) is 12.1. The second-order valence-electron chi connectivity index (χ2n) is 5.47. The van der Waals surface area contributed by atoms with Crippen molar-refractivity contribution in [2.45, 2.75) is 32.4 Å². The molecule has 1 heterocycles. The fourth-order valence-electron chi connectivity index (χ4n) is 2.27. The normalized spacial score (nSPS) is 13.2. The van der Waals surface area contributed by atoms with E-state index in [0.717, 1.165) is 5.56 Å². The Morgan fingerprint density at radius 3 is 2.83 bits per heavy atom. The SMILES string of the molecule is COc1cc(C)ccc1NC(=O)NC(C)CC(O)c1ccco1. The standard InChI is InChI=1S/C17H22N2O4/c1-11-6-7-13(16(9-11)22-3)19-17(21)18-12(2)10-14(20)15-5-4-8-23-15/h4-9,12,14,20H,10H2,1-3H3,(H2,18,19,21). The minimum Gasteiger partial charge on any atom is -0.495 e. The van der Waals surface area contributed by atoms with Gasteiger partial charge < -0.3 is 24.9 Å². The minimum atomic E-state index is -0.755. The molecule has 0 aliphatic carbocycles. The van der Waals surface area contributed by atoms with Gasteiger partial charge >= 0.3 is 6.03 Å². The van der Waals surface area contributed by atoms with Crippen LogP contribution in [-0.4, -0.2) is 24.3 Å². The van der Waals surface area contributed by atoms with Crippen molar-refractivity contribution in [3.05, 3.63) is 47.9 Å². The summed E-state index contributed by atoms with van der Waals surface area (Å²) in [7, 11) is 1.56. The Bertz CT molecular complexity index is 640. The molecule has 6 nitrogen and oxygen atoms in total. The van der Waals surface area contributed by atoms with Crippen molar-refractivity contribution >= 4 is 11.7 Å². The van der Waals surface area contributed by atoms with Gasteiger partial charge in [0.2, 0.25) is 0 Å². The number of ether oxygens (including phenoxy) is 1. The number of anilines is 1. The third kappa shape index (κ3) is 4.75. The fraction of sp³-hybridized carbons (Fsp3) is 0.353. The van der Waals surface area contributed by atoms with Gasteiger partial charge in [-0.25, -0.2) is 4.79 Å². The molecule has 0 saturated heterocycles. The van der Waals surface area contributed by atoms with Crippen molar-refractivity contribution in [3.8, 4) is 5.75 Å². The van der Waals surface area contributed by atoms with E-state index < -0.39 is 6.10 Å². The Labute approximate surface area is 135 Å². The molecule has 2 unspecified atom stereocenters. The maximum atomic E-state index is 12.1. The predicted molar refractivity (Wildman–Crippen MR) is 87.6 cm³/mol. The summed E-state index contributed by atoms with van der Waals surface area (Å²) in [5.74, 6) is 1.09. The third-order valence-electron chi connectivity index (χ3n) is 3.43. The van der Waals surface area contributed by atoms with Crippen LogP contribution < -0.4 is 15.4 Å². The van der Waals surface area contributed by atoms with Crippen molar-refractivity contribution in [2.24, 2.45) is 0 Å². The van der Waals surface area contributed by atoms with E-state index in [0.29, 0.717) is 23.6 Å². The van der Waals surface area contributed by atoms with Crippen LogP contribution in [0.4, 0.5) is 10.5 Å². The van der Waals surface area contributed by atoms with Gasteiger partial charge in [-0.15, -0.1) is 0 Å². The van der Waals surface area contributed by atoms with E-state index in [1.165, 1.54) is 6.26 Å². The molecule has 6 heteroatoms. The van der Waals surface area contributed by atoms with Gasteiger partial charge in [0, 0.05) is 12.5 Å². The molecule has 0 saturated carbocycles. The highest BCUT2D eigenvalue weighted by atomic mass is 16.5. The van der Waals surface area contributed by atoms with Gasteiger partial charge in [0.15, 0.2) is 0 Å². The molecule has 0 fully saturated rings. The first kappa shape index (κ1) is 16.9. The molecule has 2 aromatic rings. The number of carbonyl (C=O) groups excluding carboxylic acids is 1. The van der Waals surface area contributed by atoms with Gasteiger partial charge in [-0.3, -0.25) is 0 Å². The van der Waals surface area contributed by atoms with Crippen molar-refractivity contribution < 1.29 is 19.1 Å². The summed E-state index contributed by atoms with van der Waals surface area (Å²) in [5, 5.41) is 15.5. The highest BCUT2D eigenvalue weighted by molar-refractivity contribution is 5.91. The molecule has 2 atom stereocenters. The number of furan rings is 1. The lowest BCUT2D eigenvalue weighted by Crippen LogP contribution is -2.37. The summed E-state index contributed by atoms with van der Waals surface area (Å²) >= 11 is 0. The lowest BCUT2D eigenvalue weighted by molar-refractivity contribution is 0.130. The first-order valence-electron chi connectivity index (χ1n) is 7.43. The Balaban J connectivity index is 1.89. The molecule has 0 spiro atoms. The topological polar surface area (TPSA) is 83.7 Å². The number of amides is 2. The maximum absolute atomic E-state index is 12.1. The Morgan fingerprint density at radius 1 is 1.39 bits per heavy atom. The Kier molecular flexibility index (Phi) is 5.65. The number of hydrogen-bond donors (Lipinski definition) is 3. The van der Waals surface area contributed by atoms with E-state index in [9.17, 15) is 9.90 Å². The summed E-state index contributed by atoms with van der Waals surface area (Å²) in [6.07, 6.45) is 1.10. The van der Waals surface area contributed by atoms with E-state index in [2.05, 4.69) is 10.6 Å². The zero-order chi connectivity index (χ0) is 16.8. The number of benzene rings is 1. The molecular weight excluding hydrogens is 296 g/mol. The van der Waals surface area contributed by atoms with Gasteiger partial charge in [0.1, 0.15) is 17.6 Å². The second-order valence-corrected chi connectivity index (χ2v) is 5.47. The number of hydrogen-bond acceptors (Lipinski definition) is 4. The van der Waals surface area contributed by atoms with E-state index in [4.69, 9.17) is 9.15 Å². The van der Waals surface area contributed by atoms with Crippen molar-refractivity contribution in [2.75, 3.05) is 12.4 Å². The molecule has 2 rings (SSSR count). The van der Waals surface area contributed by atoms with Crippen LogP contribution in [0.5, 0.6) is 5.75 Å². The summed E-state index contributed by atoms with van der Waals surface area (Å²) in [6.45, 7) is 3.77. The van der Waals surface area contributed by atoms with Crippen molar-refractivity contribution in [3.63, 3.8) is 0 Å². The molecule has 3 N–H and O–H groups in total. The third-order valence-corrected chi connectivity index (χ3v) is 3.43. The van der Waals surface area contributed by atoms with Crippen LogP contribution in [-0.2, 0) is 0 Å². The summed E-state index contributed by atoms with van der Waals surface area (Å²) < 4.78 is 10.4. The summed E-state index contributed by atoms with van der Waals surface area (Å²) in [5.41, 5.74) is 1.64. The first-order valence-corrected chi connectivity index (χ1v) is 7.43. The Hall–Kier alpha value is -2.47. The number of aliphatic hydroxyl groups excluding tert-OH is 1. The van der Waals surface area contributed by atoms with E-state index >= 15 is 0 Å². The largest absolute Gasteiger partial charge is 0.495 e. The van der Waals surface area contributed by atoms with Crippen molar-refractivity contribution in [1.82, 2.24) is 5.32 Å². The van der Waals surface area contributed by atoms with Gasteiger partial charge in [0.05, 0.1) is 19.1 Å². The van der Waals surface area contributed by atoms with E-state index in [1.54, 1.807) is 25.3 Å². The van der Waals surface area contributed by atoms with Crippen LogP contribution in [0.2, 0.25) is 0 Å². The smallest absolute Gasteiger partial charge is 0.319 e. The minimum absolute atomic E-state index is 0.230. The quantitative estimate of drug-likeness (QED) is 0.763. The molecule has 0 aliphatic heterocycles. The molecular formula is C17H22N2O4. The van der Waals surface area contributed by atoms with Crippen LogP contribution in [0.25, 0.3) is 0 Å². The lowest BCUT2D eigenvalue weighted by atomic mass is 10.1. The zero-order valence-electron chi connectivity index (χ0n) is 13.5. The number of methoxy groups -OCH3 is 1. The molecule has 23 heavy (non-hydrogen) atoms. The predicted octanol–water partition coefficient (Wildman–Crippen LogP) is 3.23. The average molecular weight is 318 g/mol. The molecule has 2 amide bonds. The molecule has 0 aliphatic rings. The fourth-order valence-corrected chi connectivity index (χ4v) is 2.27. The van der Waals surface area contributed by atoms with Gasteiger partial charge in [0.25, 0.3) is 0 Å². The van der Waals surface area contributed by atoms with Crippen molar-refractivity contribution in [1.29, 1.82) is 0 Å². The monoisotopic (exact) mass is 318 g/mol. The lowest BCUT2D eigenvalue weighted by Gasteiger charge is -2.18. The first-order chi connectivity index (χ1) is 11.0. The van der Waals surface area contributed by atoms with Gasteiger partial charge in [-0.05, 0) is 43.7 Å². The number of aryl methyl sites for hydroxylation is 1. The molecule has 0 bridgehead atoms. The Morgan fingerprint density at radius 2 is 2.17 bits per heavy atom. The molecule has 1 aromatic heterocycles. The highest BCUT2D eigenvalue weighted by Crippen LogP contribution is 2.25. The van der Waals surface area contributed by atoms with Crippen LogP contribution in [0.3, 0.4) is 0 Å². The highest BCUT2D eigenvalue weighted by Gasteiger charge is 2.17. The average Bonchev–Trinajstić information content (AvgIpc) is 3.03. The van der Waals surface area contributed by atoms with Crippen LogP contribution in [0.15, 0.2) is 41.0 Å². The van der Waals surface area contributed by atoms with Crippen LogP contribution in [0.1, 0.15) is 30.8 Å². The van der Waals surface area contributed by atoms with E-state index in [-0.39, 0.29) is 12.1 Å². The zero-order valence-corrected chi connectivity index (χ0v) is 13.5. The molecule has 124 valence electrons. The van der Waals surface area contributed by atoms with Crippen LogP contribution in [0, 0.1) is 6.92 Å². The van der Waals surface area contributed by atoms with E-state index in [1.807, 2.05) is 26.0 Å². The summed E-state index contributed by atoms with van der Waals surface area (Å²) in [6, 6.07) is 8.36. The van der Waals surface area contributed by atoms with Gasteiger partial charge in [-0.1, -0.05) is 6.07 Å². The number of nitrogens with one attached hydrogen (secondary N) is 2. The van der Waals surface area contributed by atoms with Gasteiger partial charge in [-0.2, -0.15) is 0 Å². The number of urea groups is 1. The van der Waals surface area contributed by atoms with Crippen LogP contribution >= 0.6 is 0 Å². The number of rotatable bonds is 6. The molecule has 1 aromatic carbocycles. The molecule has 0 radical (unpaired) electrons. The second kappa shape index (κ2) is 7.69.